The molecule has 0 fully saturated rings. The Morgan fingerprint density at radius 3 is 2.37 bits per heavy atom. The molecule has 5 nitrogen and oxygen atoms in total. The molecule has 0 saturated heterocycles. The summed E-state index contributed by atoms with van der Waals surface area (Å²) in [5.74, 6) is -0.200. The lowest BCUT2D eigenvalue weighted by Gasteiger charge is -2.18. The highest BCUT2D eigenvalue weighted by Crippen LogP contribution is 2.25. The molecular weight excluding hydrogens is 380 g/mol. The van der Waals surface area contributed by atoms with E-state index in [0.717, 1.165) is 11.1 Å². The van der Waals surface area contributed by atoms with Crippen LogP contribution in [-0.4, -0.2) is 21.4 Å². The first-order valence-electron chi connectivity index (χ1n) is 8.35. The summed E-state index contributed by atoms with van der Waals surface area (Å²) in [5.41, 5.74) is 3.16. The van der Waals surface area contributed by atoms with E-state index in [1.54, 1.807) is 41.8 Å². The SMILES string of the molecule is Cc1ccccc1CNC(=O)c1ccc(N(C)S(=O)(=O)c2cccs2)cc1. The number of carbonyl (C=O) groups excluding carboxylic acids is 1. The molecule has 0 aliphatic carbocycles. The normalized spacial score (nSPS) is 11.2. The van der Waals surface area contributed by atoms with Gasteiger partial charge in [0, 0.05) is 19.2 Å². The number of anilines is 1. The van der Waals surface area contributed by atoms with Gasteiger partial charge in [-0.15, -0.1) is 11.3 Å². The van der Waals surface area contributed by atoms with Crippen molar-refractivity contribution < 1.29 is 13.2 Å². The average molecular weight is 401 g/mol. The highest BCUT2D eigenvalue weighted by molar-refractivity contribution is 7.94. The lowest BCUT2D eigenvalue weighted by Crippen LogP contribution is -2.26. The summed E-state index contributed by atoms with van der Waals surface area (Å²) in [4.78, 5) is 12.4. The van der Waals surface area contributed by atoms with E-state index < -0.39 is 10.0 Å². The number of benzene rings is 2. The number of thiophene rings is 1. The summed E-state index contributed by atoms with van der Waals surface area (Å²) in [6.07, 6.45) is 0. The zero-order chi connectivity index (χ0) is 19.4. The molecule has 140 valence electrons. The standard InChI is InChI=1S/C20H20N2O3S2/c1-15-6-3-4-7-17(15)14-21-20(23)16-9-11-18(12-10-16)22(2)27(24,25)19-8-5-13-26-19/h3-13H,14H2,1-2H3,(H,21,23). The van der Waals surface area contributed by atoms with Gasteiger partial charge < -0.3 is 5.32 Å². The van der Waals surface area contributed by atoms with Crippen molar-refractivity contribution in [3.05, 3.63) is 82.7 Å². The van der Waals surface area contributed by atoms with Crippen LogP contribution >= 0.6 is 11.3 Å². The van der Waals surface area contributed by atoms with Crippen LogP contribution in [0.2, 0.25) is 0 Å². The van der Waals surface area contributed by atoms with Crippen molar-refractivity contribution in [3.8, 4) is 0 Å². The molecule has 2 aromatic carbocycles. The van der Waals surface area contributed by atoms with E-state index in [0.29, 0.717) is 17.8 Å². The smallest absolute Gasteiger partial charge is 0.273 e. The summed E-state index contributed by atoms with van der Waals surface area (Å²) in [6.45, 7) is 2.44. The van der Waals surface area contributed by atoms with Crippen molar-refractivity contribution in [1.82, 2.24) is 5.32 Å². The minimum atomic E-state index is -3.58. The van der Waals surface area contributed by atoms with Gasteiger partial charge in [0.2, 0.25) is 0 Å². The van der Waals surface area contributed by atoms with E-state index in [1.807, 2.05) is 31.2 Å². The molecule has 3 aromatic rings. The van der Waals surface area contributed by atoms with E-state index in [-0.39, 0.29) is 10.1 Å². The van der Waals surface area contributed by atoms with Crippen molar-refractivity contribution in [2.24, 2.45) is 0 Å². The Bertz CT molecular complexity index is 1030. The van der Waals surface area contributed by atoms with Gasteiger partial charge in [0.1, 0.15) is 4.21 Å². The van der Waals surface area contributed by atoms with Crippen molar-refractivity contribution in [2.75, 3.05) is 11.4 Å². The van der Waals surface area contributed by atoms with Crippen LogP contribution in [0.5, 0.6) is 0 Å². The second-order valence-electron chi connectivity index (χ2n) is 6.06. The molecule has 3 rings (SSSR count). The first-order chi connectivity index (χ1) is 12.9. The maximum Gasteiger partial charge on any atom is 0.273 e. The Hall–Kier alpha value is -2.64. The molecule has 1 aromatic heterocycles. The van der Waals surface area contributed by atoms with Crippen molar-refractivity contribution in [1.29, 1.82) is 0 Å². The van der Waals surface area contributed by atoms with Crippen LogP contribution < -0.4 is 9.62 Å². The Morgan fingerprint density at radius 1 is 1.04 bits per heavy atom. The van der Waals surface area contributed by atoms with Crippen LogP contribution in [0.3, 0.4) is 0 Å². The molecule has 0 radical (unpaired) electrons. The van der Waals surface area contributed by atoms with Crippen LogP contribution in [0.25, 0.3) is 0 Å². The van der Waals surface area contributed by atoms with Gasteiger partial charge in [-0.05, 0) is 53.8 Å². The van der Waals surface area contributed by atoms with Gasteiger partial charge in [0.05, 0.1) is 5.69 Å². The molecule has 27 heavy (non-hydrogen) atoms. The predicted molar refractivity (Wildman–Crippen MR) is 109 cm³/mol. The highest BCUT2D eigenvalue weighted by Gasteiger charge is 2.22. The molecule has 7 heteroatoms. The van der Waals surface area contributed by atoms with Crippen molar-refractivity contribution in [2.45, 2.75) is 17.7 Å². The molecule has 0 unspecified atom stereocenters. The maximum absolute atomic E-state index is 12.6. The number of hydrogen-bond donors (Lipinski definition) is 1. The number of aryl methyl sites for hydroxylation is 1. The van der Waals surface area contributed by atoms with Crippen LogP contribution in [-0.2, 0) is 16.6 Å². The lowest BCUT2D eigenvalue weighted by molar-refractivity contribution is 0.0951. The highest BCUT2D eigenvalue weighted by atomic mass is 32.2. The van der Waals surface area contributed by atoms with Gasteiger partial charge in [0.25, 0.3) is 15.9 Å². The van der Waals surface area contributed by atoms with E-state index in [2.05, 4.69) is 5.32 Å². The fourth-order valence-electron chi connectivity index (χ4n) is 2.59. The van der Waals surface area contributed by atoms with Gasteiger partial charge >= 0.3 is 0 Å². The van der Waals surface area contributed by atoms with Crippen molar-refractivity contribution >= 4 is 33.0 Å². The molecule has 0 saturated carbocycles. The third-order valence-corrected chi connectivity index (χ3v) is 7.46. The third kappa shape index (κ3) is 4.20. The second-order valence-corrected chi connectivity index (χ2v) is 9.20. The Labute approximate surface area is 163 Å². The number of sulfonamides is 1. The molecular formula is C20H20N2O3S2. The topological polar surface area (TPSA) is 66.5 Å². The van der Waals surface area contributed by atoms with Gasteiger partial charge in [-0.1, -0.05) is 30.3 Å². The molecule has 0 bridgehead atoms. The predicted octanol–water partition coefficient (Wildman–Crippen LogP) is 3.81. The molecule has 0 spiro atoms. The van der Waals surface area contributed by atoms with Gasteiger partial charge in [-0.3, -0.25) is 9.10 Å². The Kier molecular flexibility index (Phi) is 5.62. The molecule has 0 atom stereocenters. The molecule has 1 amide bonds. The van der Waals surface area contributed by atoms with E-state index in [9.17, 15) is 13.2 Å². The fraction of sp³-hybridized carbons (Fsp3) is 0.150. The van der Waals surface area contributed by atoms with Gasteiger partial charge in [-0.2, -0.15) is 0 Å². The molecule has 0 aliphatic heterocycles. The second kappa shape index (κ2) is 7.94. The van der Waals surface area contributed by atoms with E-state index >= 15 is 0 Å². The van der Waals surface area contributed by atoms with Crippen LogP contribution in [0.4, 0.5) is 5.69 Å². The monoisotopic (exact) mass is 400 g/mol. The largest absolute Gasteiger partial charge is 0.348 e. The zero-order valence-electron chi connectivity index (χ0n) is 15.0. The number of hydrogen-bond acceptors (Lipinski definition) is 4. The summed E-state index contributed by atoms with van der Waals surface area (Å²) in [7, 11) is -2.08. The maximum atomic E-state index is 12.6. The van der Waals surface area contributed by atoms with E-state index in [1.165, 1.54) is 22.7 Å². The van der Waals surface area contributed by atoms with Gasteiger partial charge in [-0.25, -0.2) is 8.42 Å². The minimum absolute atomic E-state index is 0.200. The third-order valence-electron chi connectivity index (χ3n) is 4.30. The zero-order valence-corrected chi connectivity index (χ0v) is 16.7. The number of carbonyl (C=O) groups is 1. The first-order valence-corrected chi connectivity index (χ1v) is 10.7. The number of amides is 1. The van der Waals surface area contributed by atoms with Crippen LogP contribution in [0.15, 0.2) is 70.3 Å². The molecule has 1 heterocycles. The van der Waals surface area contributed by atoms with Crippen molar-refractivity contribution in [3.63, 3.8) is 0 Å². The fourth-order valence-corrected chi connectivity index (χ4v) is 4.95. The summed E-state index contributed by atoms with van der Waals surface area (Å²) in [6, 6.07) is 17.7. The van der Waals surface area contributed by atoms with Gasteiger partial charge in [0.15, 0.2) is 0 Å². The quantitative estimate of drug-likeness (QED) is 0.684. The summed E-state index contributed by atoms with van der Waals surface area (Å²) < 4.78 is 26.6. The number of rotatable bonds is 6. The Morgan fingerprint density at radius 2 is 1.74 bits per heavy atom. The molecule has 0 aliphatic rings. The number of nitrogens with zero attached hydrogens (tertiary/aromatic N) is 1. The summed E-state index contributed by atoms with van der Waals surface area (Å²) in [5, 5.41) is 4.61. The molecule has 1 N–H and O–H groups in total. The Balaban J connectivity index is 1.69. The van der Waals surface area contributed by atoms with Crippen LogP contribution in [0.1, 0.15) is 21.5 Å². The lowest BCUT2D eigenvalue weighted by atomic mass is 10.1. The first kappa shape index (κ1) is 19.1. The van der Waals surface area contributed by atoms with Crippen LogP contribution in [0, 0.1) is 6.92 Å². The minimum Gasteiger partial charge on any atom is -0.348 e. The number of nitrogens with one attached hydrogen (secondary N) is 1. The summed E-state index contributed by atoms with van der Waals surface area (Å²) >= 11 is 1.17. The average Bonchev–Trinajstić information content (AvgIpc) is 3.22. The van der Waals surface area contributed by atoms with E-state index in [4.69, 9.17) is 0 Å².